The zero-order valence-corrected chi connectivity index (χ0v) is 30.2. The smallest absolute Gasteiger partial charge is 0.437 e. The first-order valence-corrected chi connectivity index (χ1v) is 20.4. The van der Waals surface area contributed by atoms with Crippen LogP contribution in [-0.4, -0.2) is 59.1 Å². The molecule has 0 spiro atoms. The summed E-state index contributed by atoms with van der Waals surface area (Å²) in [5.74, 6) is -2.84. The maximum atomic E-state index is 15.0. The van der Waals surface area contributed by atoms with E-state index in [0.29, 0.717) is 25.0 Å². The highest BCUT2D eigenvalue weighted by Crippen LogP contribution is 2.68. The summed E-state index contributed by atoms with van der Waals surface area (Å²) in [4.78, 5) is 54.3. The normalized spacial score (nSPS) is 14.1. The van der Waals surface area contributed by atoms with Gasteiger partial charge in [-0.15, -0.1) is 4.25 Å². The van der Waals surface area contributed by atoms with Crippen molar-refractivity contribution in [1.29, 1.82) is 0 Å². The lowest BCUT2D eigenvalue weighted by Crippen LogP contribution is -2.56. The van der Waals surface area contributed by atoms with E-state index >= 15 is 4.57 Å². The Balaban J connectivity index is 5.96. The average molecular weight is 648 g/mol. The molecule has 0 bridgehead atoms. The standard InChI is InChI=1S/C33H64N2O6PS/c1-7-11-15-18-19-20-21-24-28-41-33(39)32(38)35(6,31(37)27-23-17-13-9-3)42(40,43-29-25-14-10-4)34(5)30(36)26-22-16-12-8-2/h7-29H2,1-6H3/q+1. The number of hydrogen-bond acceptors (Lipinski definition) is 7. The average Bonchev–Trinajstić information content (AvgIpc) is 3.00. The maximum Gasteiger partial charge on any atom is 0.437 e. The minimum Gasteiger partial charge on any atom is -0.456 e. The van der Waals surface area contributed by atoms with E-state index in [2.05, 4.69) is 27.7 Å². The van der Waals surface area contributed by atoms with Crippen molar-refractivity contribution in [2.24, 2.45) is 0 Å². The Morgan fingerprint density at radius 3 is 1.63 bits per heavy atom. The van der Waals surface area contributed by atoms with Gasteiger partial charge in [0, 0.05) is 19.2 Å². The molecule has 0 saturated carbocycles. The SMILES string of the molecule is CCCCCCCCCCOC(=O)C(=O)[N+](C)(C(=O)CCCCCC)P(=O)(SCCCCC)N(C)C(=O)CCCCCC. The molecule has 2 unspecified atom stereocenters. The lowest BCUT2D eigenvalue weighted by molar-refractivity contribution is -0.628. The Bertz CT molecular complexity index is 855. The van der Waals surface area contributed by atoms with Gasteiger partial charge in [-0.3, -0.25) is 4.79 Å². The molecule has 0 rings (SSSR count). The van der Waals surface area contributed by atoms with E-state index in [1.54, 1.807) is 0 Å². The Hall–Kier alpha value is -1.18. The summed E-state index contributed by atoms with van der Waals surface area (Å²) in [7, 11) is 2.70. The van der Waals surface area contributed by atoms with Gasteiger partial charge in [0.25, 0.3) is 0 Å². The zero-order chi connectivity index (χ0) is 32.6. The third-order valence-electron chi connectivity index (χ3n) is 8.03. The number of carbonyl (C=O) groups excluding carboxylic acids is 4. The second-order valence-electron chi connectivity index (χ2n) is 11.8. The van der Waals surface area contributed by atoms with Gasteiger partial charge >= 0.3 is 24.4 Å². The third-order valence-corrected chi connectivity index (χ3v) is 14.5. The van der Waals surface area contributed by atoms with Crippen LogP contribution < -0.4 is 0 Å². The molecule has 0 aliphatic heterocycles. The number of esters is 1. The number of nitrogens with zero attached hydrogens (tertiary/aromatic N) is 2. The summed E-state index contributed by atoms with van der Waals surface area (Å²) in [5.41, 5.74) is 0. The molecule has 0 aromatic heterocycles. The molecule has 2 atom stereocenters. The molecule has 0 saturated heterocycles. The molecule has 3 amide bonds. The summed E-state index contributed by atoms with van der Waals surface area (Å²) in [6.45, 7) is 4.34. The number of hydrogen-bond donors (Lipinski definition) is 0. The van der Waals surface area contributed by atoms with Crippen molar-refractivity contribution < 1.29 is 32.7 Å². The minimum atomic E-state index is -4.13. The molecule has 0 aliphatic carbocycles. The molecule has 0 aromatic rings. The summed E-state index contributed by atoms with van der Waals surface area (Å²) in [6.07, 6.45) is 18.1. The summed E-state index contributed by atoms with van der Waals surface area (Å²) in [5, 5.41) is 0. The molecule has 8 nitrogen and oxygen atoms in total. The molecule has 0 radical (unpaired) electrons. The second kappa shape index (κ2) is 25.1. The Labute approximate surface area is 267 Å². The van der Waals surface area contributed by atoms with Crippen molar-refractivity contribution >= 4 is 41.7 Å². The zero-order valence-electron chi connectivity index (χ0n) is 28.5. The van der Waals surface area contributed by atoms with Crippen LogP contribution in [0.5, 0.6) is 0 Å². The monoisotopic (exact) mass is 647 g/mol. The van der Waals surface area contributed by atoms with E-state index in [-0.39, 0.29) is 25.4 Å². The number of carbonyl (C=O) groups is 4. The van der Waals surface area contributed by atoms with Gasteiger partial charge in [0.2, 0.25) is 5.91 Å². The van der Waals surface area contributed by atoms with E-state index in [1.165, 1.54) is 39.8 Å². The summed E-state index contributed by atoms with van der Waals surface area (Å²) < 4.78 is 20.3. The van der Waals surface area contributed by atoms with Gasteiger partial charge in [0.1, 0.15) is 0 Å². The number of amides is 3. The fraction of sp³-hybridized carbons (Fsp3) is 0.879. The number of rotatable bonds is 26. The van der Waals surface area contributed by atoms with E-state index in [9.17, 15) is 19.2 Å². The summed E-state index contributed by atoms with van der Waals surface area (Å²) >= 11 is 0.995. The van der Waals surface area contributed by atoms with Gasteiger partial charge in [0.05, 0.1) is 20.1 Å². The second-order valence-corrected chi connectivity index (χ2v) is 17.1. The first-order valence-electron chi connectivity index (χ1n) is 17.2. The topological polar surface area (TPSA) is 97.8 Å². The quantitative estimate of drug-likeness (QED) is 0.0399. The van der Waals surface area contributed by atoms with Crippen LogP contribution in [0.4, 0.5) is 0 Å². The van der Waals surface area contributed by atoms with Gasteiger partial charge in [-0.1, -0.05) is 124 Å². The predicted octanol–water partition coefficient (Wildman–Crippen LogP) is 9.60. The van der Waals surface area contributed by atoms with Gasteiger partial charge < -0.3 is 4.74 Å². The molecule has 10 heteroatoms. The van der Waals surface area contributed by atoms with Gasteiger partial charge in [-0.2, -0.15) is 0 Å². The molecule has 0 aromatic carbocycles. The Morgan fingerprint density at radius 1 is 0.651 bits per heavy atom. The largest absolute Gasteiger partial charge is 0.456 e. The molecular weight excluding hydrogens is 583 g/mol. The van der Waals surface area contributed by atoms with Crippen LogP contribution >= 0.6 is 18.0 Å². The molecule has 0 N–H and O–H groups in total. The Morgan fingerprint density at radius 2 is 1.09 bits per heavy atom. The van der Waals surface area contributed by atoms with Crippen LogP contribution in [-0.2, 0) is 28.5 Å². The number of likely N-dealkylation sites (N-methyl/N-ethyl adjacent to an activating group) is 1. The van der Waals surface area contributed by atoms with Gasteiger partial charge in [0.15, 0.2) is 0 Å². The highest BCUT2D eigenvalue weighted by molar-refractivity contribution is 8.55. The molecular formula is C33H64N2O6PS+. The lowest BCUT2D eigenvalue weighted by Gasteiger charge is -2.38. The lowest BCUT2D eigenvalue weighted by atomic mass is 10.1. The molecule has 0 fully saturated rings. The fourth-order valence-electron chi connectivity index (χ4n) is 4.94. The van der Waals surface area contributed by atoms with Crippen molar-refractivity contribution in [3.05, 3.63) is 0 Å². The first kappa shape index (κ1) is 41.8. The maximum absolute atomic E-state index is 15.0. The third kappa shape index (κ3) is 15.1. The highest BCUT2D eigenvalue weighted by atomic mass is 32.7. The van der Waals surface area contributed by atoms with E-state index < -0.39 is 28.7 Å². The molecule has 43 heavy (non-hydrogen) atoms. The van der Waals surface area contributed by atoms with E-state index in [1.807, 2.05) is 0 Å². The van der Waals surface area contributed by atoms with Crippen molar-refractivity contribution in [3.8, 4) is 0 Å². The highest BCUT2D eigenvalue weighted by Gasteiger charge is 2.62. The number of unbranched alkanes of at least 4 members (excludes halogenated alkanes) is 15. The van der Waals surface area contributed by atoms with Crippen molar-refractivity contribution in [2.75, 3.05) is 26.5 Å². The molecule has 0 heterocycles. The van der Waals surface area contributed by atoms with Crippen molar-refractivity contribution in [3.63, 3.8) is 0 Å². The van der Waals surface area contributed by atoms with Gasteiger partial charge in [-0.05, 0) is 37.1 Å². The van der Waals surface area contributed by atoms with Gasteiger partial charge in [-0.25, -0.2) is 23.6 Å². The molecule has 252 valence electrons. The van der Waals surface area contributed by atoms with E-state index in [4.69, 9.17) is 4.74 Å². The van der Waals surface area contributed by atoms with Crippen LogP contribution in [0, 0.1) is 0 Å². The number of imide groups is 1. The van der Waals surface area contributed by atoms with Crippen molar-refractivity contribution in [2.45, 2.75) is 163 Å². The summed E-state index contributed by atoms with van der Waals surface area (Å²) in [6, 6.07) is 0. The fourth-order valence-corrected chi connectivity index (χ4v) is 10.6. The molecule has 0 aliphatic rings. The first-order chi connectivity index (χ1) is 20.6. The van der Waals surface area contributed by atoms with Crippen LogP contribution in [0.1, 0.15) is 163 Å². The predicted molar refractivity (Wildman–Crippen MR) is 180 cm³/mol. The van der Waals surface area contributed by atoms with E-state index in [0.717, 1.165) is 93.1 Å². The van der Waals surface area contributed by atoms with Crippen LogP contribution in [0.15, 0.2) is 0 Å². The number of ether oxygens (including phenoxy) is 1. The van der Waals surface area contributed by atoms with Crippen LogP contribution in [0.3, 0.4) is 0 Å². The van der Waals surface area contributed by atoms with Crippen molar-refractivity contribution in [1.82, 2.24) is 4.67 Å². The number of quaternary nitrogens is 1. The van der Waals surface area contributed by atoms with Crippen LogP contribution in [0.2, 0.25) is 0 Å². The Kier molecular flexibility index (Phi) is 24.4. The van der Waals surface area contributed by atoms with Crippen LogP contribution in [0.25, 0.3) is 0 Å². The minimum absolute atomic E-state index is 0.00555.